The molecule has 3 heteroatoms. The number of hydrogen-bond acceptors (Lipinski definition) is 0. The van der Waals surface area contributed by atoms with Crippen LogP contribution in [-0.2, 0) is 7.05 Å². The third kappa shape index (κ3) is 2.44. The summed E-state index contributed by atoms with van der Waals surface area (Å²) in [6.07, 6.45) is 3.90. The molecule has 0 amide bonds. The summed E-state index contributed by atoms with van der Waals surface area (Å²) >= 11 is 0. The number of aromatic nitrogens is 1. The van der Waals surface area contributed by atoms with E-state index in [0.717, 1.165) is 5.19 Å². The van der Waals surface area contributed by atoms with Gasteiger partial charge >= 0.3 is 0 Å². The van der Waals surface area contributed by atoms with Gasteiger partial charge in [-0.2, -0.15) is 0 Å². The fraction of sp³-hybridized carbons (Fsp3) is 0.643. The Bertz CT molecular complexity index is 387. The Labute approximate surface area is 106 Å². The quantitative estimate of drug-likeness (QED) is 0.411. The predicted molar refractivity (Wildman–Crippen MR) is 73.5 cm³/mol. The molecule has 0 atom stereocenters. The Kier molecular flexibility index (Phi) is 3.54. The van der Waals surface area contributed by atoms with Gasteiger partial charge in [0.05, 0.1) is 0 Å². The minimum absolute atomic E-state index is 0.306. The van der Waals surface area contributed by atoms with Crippen LogP contribution in [0.3, 0.4) is 0 Å². The van der Waals surface area contributed by atoms with Crippen LogP contribution in [0.1, 0.15) is 41.5 Å². The molecule has 1 rings (SSSR count). The number of aryl methyl sites for hydroxylation is 1. The van der Waals surface area contributed by atoms with E-state index in [1.54, 1.807) is 0 Å². The standard InChI is InChI=1S/C14H25FNSi/c1-13(2,3)17(15,14(4,5)6)12-9-8-10-16(7)11-12/h8-11H,1-7H3/q+1. The number of rotatable bonds is 1. The van der Waals surface area contributed by atoms with E-state index in [2.05, 4.69) is 0 Å². The topological polar surface area (TPSA) is 3.88 Å². The van der Waals surface area contributed by atoms with Crippen LogP contribution in [0, 0.1) is 0 Å². The second-order valence-corrected chi connectivity index (χ2v) is 11.8. The summed E-state index contributed by atoms with van der Waals surface area (Å²) in [5, 5.41) is 0.279. The molecule has 17 heavy (non-hydrogen) atoms. The first-order valence-corrected chi connectivity index (χ1v) is 8.02. The smallest absolute Gasteiger partial charge is 0.294 e. The Hall–Kier alpha value is -0.703. The van der Waals surface area contributed by atoms with Gasteiger partial charge in [0, 0.05) is 11.3 Å². The van der Waals surface area contributed by atoms with Gasteiger partial charge in [0.15, 0.2) is 12.4 Å². The van der Waals surface area contributed by atoms with Crippen molar-refractivity contribution < 1.29 is 8.67 Å². The van der Waals surface area contributed by atoms with Crippen molar-refractivity contribution in [3.63, 3.8) is 0 Å². The lowest BCUT2D eigenvalue weighted by molar-refractivity contribution is -0.670. The molecule has 0 unspecified atom stereocenters. The molecular formula is C14H25FNSi+. The summed E-state index contributed by atoms with van der Waals surface area (Å²) in [5.74, 6) is 0. The van der Waals surface area contributed by atoms with Crippen LogP contribution in [0.2, 0.25) is 10.1 Å². The highest BCUT2D eigenvalue weighted by Gasteiger charge is 2.57. The molecule has 0 aliphatic rings. The van der Waals surface area contributed by atoms with E-state index in [9.17, 15) is 0 Å². The maximum absolute atomic E-state index is 15.8. The minimum Gasteiger partial charge on any atom is -0.306 e. The molecule has 0 aliphatic heterocycles. The molecule has 1 aromatic rings. The van der Waals surface area contributed by atoms with Crippen LogP contribution in [-0.4, -0.2) is 8.41 Å². The second-order valence-electron chi connectivity index (χ2n) is 6.92. The van der Waals surface area contributed by atoms with Crippen molar-refractivity contribution in [2.24, 2.45) is 7.05 Å². The van der Waals surface area contributed by atoms with E-state index >= 15 is 4.11 Å². The van der Waals surface area contributed by atoms with Crippen molar-refractivity contribution in [3.05, 3.63) is 24.5 Å². The van der Waals surface area contributed by atoms with E-state index in [1.807, 2.05) is 77.7 Å². The number of halogens is 1. The third-order valence-electron chi connectivity index (χ3n) is 3.40. The van der Waals surface area contributed by atoms with E-state index in [4.69, 9.17) is 0 Å². The van der Waals surface area contributed by atoms with E-state index in [0.29, 0.717) is 0 Å². The molecule has 1 heterocycles. The number of pyridine rings is 1. The summed E-state index contributed by atoms with van der Waals surface area (Å²) in [5.41, 5.74) is 0. The molecule has 0 radical (unpaired) electrons. The van der Waals surface area contributed by atoms with Gasteiger partial charge in [0.25, 0.3) is 8.41 Å². The molecule has 1 aromatic heterocycles. The van der Waals surface area contributed by atoms with Crippen molar-refractivity contribution in [2.75, 3.05) is 0 Å². The number of hydrogen-bond donors (Lipinski definition) is 0. The monoisotopic (exact) mass is 254 g/mol. The minimum atomic E-state index is -3.08. The Balaban J connectivity index is 3.46. The van der Waals surface area contributed by atoms with Crippen LogP contribution in [0.5, 0.6) is 0 Å². The van der Waals surface area contributed by atoms with Crippen molar-refractivity contribution in [1.29, 1.82) is 0 Å². The summed E-state index contributed by atoms with van der Waals surface area (Å²) in [7, 11) is -1.13. The van der Waals surface area contributed by atoms with E-state index < -0.39 is 8.41 Å². The highest BCUT2D eigenvalue weighted by molar-refractivity contribution is 6.90. The zero-order chi connectivity index (χ0) is 13.5. The zero-order valence-electron chi connectivity index (χ0n) is 12.1. The van der Waals surface area contributed by atoms with Crippen LogP contribution in [0.25, 0.3) is 0 Å². The lowest BCUT2D eigenvalue weighted by atomic mass is 10.2. The van der Waals surface area contributed by atoms with Gasteiger partial charge in [0.1, 0.15) is 7.05 Å². The molecular weight excluding hydrogens is 229 g/mol. The molecule has 0 saturated heterocycles. The number of nitrogens with zero attached hydrogens (tertiary/aromatic N) is 1. The van der Waals surface area contributed by atoms with Crippen LogP contribution in [0.4, 0.5) is 4.11 Å². The summed E-state index contributed by atoms with van der Waals surface area (Å²) in [4.78, 5) is 0. The molecule has 0 spiro atoms. The molecule has 0 aliphatic carbocycles. The third-order valence-corrected chi connectivity index (χ3v) is 8.63. The van der Waals surface area contributed by atoms with Gasteiger partial charge in [-0.05, 0) is 16.1 Å². The first-order valence-electron chi connectivity index (χ1n) is 6.15. The fourth-order valence-corrected chi connectivity index (χ4v) is 7.47. The Morgan fingerprint density at radius 2 is 1.53 bits per heavy atom. The van der Waals surface area contributed by atoms with Gasteiger partial charge in [-0.15, -0.1) is 0 Å². The van der Waals surface area contributed by atoms with Gasteiger partial charge in [-0.25, -0.2) is 4.57 Å². The van der Waals surface area contributed by atoms with E-state index in [-0.39, 0.29) is 10.1 Å². The van der Waals surface area contributed by atoms with Crippen LogP contribution < -0.4 is 9.75 Å². The van der Waals surface area contributed by atoms with Gasteiger partial charge in [-0.1, -0.05) is 41.5 Å². The van der Waals surface area contributed by atoms with Gasteiger partial charge in [-0.3, -0.25) is 0 Å². The van der Waals surface area contributed by atoms with Crippen molar-refractivity contribution in [1.82, 2.24) is 0 Å². The highest BCUT2D eigenvalue weighted by atomic mass is 28.4. The molecule has 0 bridgehead atoms. The molecule has 0 N–H and O–H groups in total. The maximum Gasteiger partial charge on any atom is 0.294 e. The van der Waals surface area contributed by atoms with Crippen molar-refractivity contribution in [3.8, 4) is 0 Å². The lowest BCUT2D eigenvalue weighted by Crippen LogP contribution is -2.59. The molecule has 96 valence electrons. The Morgan fingerprint density at radius 3 is 1.88 bits per heavy atom. The fourth-order valence-electron chi connectivity index (χ4n) is 2.78. The van der Waals surface area contributed by atoms with Gasteiger partial charge < -0.3 is 4.11 Å². The average Bonchev–Trinajstić information content (AvgIpc) is 2.12. The summed E-state index contributed by atoms with van der Waals surface area (Å²) in [6, 6.07) is 3.89. The first kappa shape index (κ1) is 14.4. The second kappa shape index (κ2) is 4.20. The first-order chi connectivity index (χ1) is 7.50. The van der Waals surface area contributed by atoms with Gasteiger partial charge in [0.2, 0.25) is 0 Å². The average molecular weight is 254 g/mol. The molecule has 0 aromatic carbocycles. The molecule has 0 fully saturated rings. The maximum atomic E-state index is 15.8. The summed E-state index contributed by atoms with van der Waals surface area (Å²) in [6.45, 7) is 12.2. The van der Waals surface area contributed by atoms with Crippen molar-refractivity contribution in [2.45, 2.75) is 51.6 Å². The van der Waals surface area contributed by atoms with Crippen LogP contribution >= 0.6 is 0 Å². The Morgan fingerprint density at radius 1 is 1.06 bits per heavy atom. The molecule has 0 saturated carbocycles. The van der Waals surface area contributed by atoms with Crippen molar-refractivity contribution >= 4 is 13.6 Å². The normalized spacial score (nSPS) is 13.9. The lowest BCUT2D eigenvalue weighted by Gasteiger charge is -2.44. The summed E-state index contributed by atoms with van der Waals surface area (Å²) < 4.78 is 17.8. The predicted octanol–water partition coefficient (Wildman–Crippen LogP) is 3.23. The molecule has 1 nitrogen and oxygen atoms in total. The van der Waals surface area contributed by atoms with E-state index in [1.165, 1.54) is 0 Å². The highest BCUT2D eigenvalue weighted by Crippen LogP contribution is 2.51. The largest absolute Gasteiger partial charge is 0.306 e. The zero-order valence-corrected chi connectivity index (χ0v) is 13.1. The SMILES string of the molecule is C[n+]1cccc([Si](F)(C(C)(C)C)C(C)(C)C)c1. The van der Waals surface area contributed by atoms with Crippen LogP contribution in [0.15, 0.2) is 24.5 Å².